The van der Waals surface area contributed by atoms with Crippen LogP contribution in [0.2, 0.25) is 0 Å². The Morgan fingerprint density at radius 3 is 2.31 bits per heavy atom. The summed E-state index contributed by atoms with van der Waals surface area (Å²) in [5, 5.41) is 15.0. The summed E-state index contributed by atoms with van der Waals surface area (Å²) in [6.45, 7) is 8.14. The Kier molecular flexibility index (Phi) is 13.4. The van der Waals surface area contributed by atoms with E-state index in [4.69, 9.17) is 33.4 Å². The summed E-state index contributed by atoms with van der Waals surface area (Å²) < 4.78 is 65.2. The number of hydrogen-bond acceptors (Lipinski definition) is 14. The quantitative estimate of drug-likeness (QED) is 0.210. The second-order valence-corrected chi connectivity index (χ2v) is 19.4. The van der Waals surface area contributed by atoms with Crippen LogP contribution in [-0.2, 0) is 44.9 Å². The van der Waals surface area contributed by atoms with E-state index < -0.39 is 52.9 Å². The molecule has 5 aliphatic heterocycles. The third-order valence-electron chi connectivity index (χ3n) is 11.8. The van der Waals surface area contributed by atoms with Crippen molar-refractivity contribution in [1.82, 2.24) is 19.5 Å². The van der Waals surface area contributed by atoms with E-state index in [2.05, 4.69) is 10.2 Å². The molecule has 0 spiro atoms. The number of ether oxygens (including phenoxy) is 6. The van der Waals surface area contributed by atoms with Crippen LogP contribution >= 0.6 is 11.3 Å². The lowest BCUT2D eigenvalue weighted by molar-refractivity contribution is -0.0909. The molecular formula is C41H55N5O11S2. The normalized spacial score (nSPS) is 26.7. The number of benzene rings is 2. The van der Waals surface area contributed by atoms with Gasteiger partial charge in [0, 0.05) is 26.2 Å². The van der Waals surface area contributed by atoms with Crippen molar-refractivity contribution in [3.05, 3.63) is 54.1 Å². The molecule has 59 heavy (non-hydrogen) atoms. The van der Waals surface area contributed by atoms with Gasteiger partial charge in [-0.1, -0.05) is 55.5 Å². The summed E-state index contributed by atoms with van der Waals surface area (Å²) in [5.74, 6) is -0.169. The number of fused-ring (bicyclic) bond motifs is 3. The van der Waals surface area contributed by atoms with Gasteiger partial charge in [0.15, 0.2) is 17.7 Å². The van der Waals surface area contributed by atoms with E-state index in [1.807, 2.05) is 44.2 Å². The Hall–Kier alpha value is -3.46. The molecule has 0 radical (unpaired) electrons. The van der Waals surface area contributed by atoms with Gasteiger partial charge in [-0.15, -0.1) is 0 Å². The average molecular weight is 858 g/mol. The van der Waals surface area contributed by atoms with Crippen LogP contribution in [-0.4, -0.2) is 143 Å². The van der Waals surface area contributed by atoms with Crippen molar-refractivity contribution in [2.45, 2.75) is 87.8 Å². The van der Waals surface area contributed by atoms with E-state index in [0.29, 0.717) is 48.1 Å². The van der Waals surface area contributed by atoms with Crippen LogP contribution in [0.4, 0.5) is 14.7 Å². The Morgan fingerprint density at radius 2 is 1.63 bits per heavy atom. The van der Waals surface area contributed by atoms with Crippen molar-refractivity contribution in [2.24, 2.45) is 17.8 Å². The number of aliphatic hydroxyl groups excluding tert-OH is 1. The summed E-state index contributed by atoms with van der Waals surface area (Å²) in [6, 6.07) is 13.2. The standard InChI is InChI=1S/C41H55N5O11S2/c1-26(2)22-45(23-33(47)32(20-27-8-4-3-5-9-27)43-40(48)56-34-24-54-37-29(34)12-18-52-37)59(50,51)28-10-11-31-36(21-28)58-39(42-31)46(17-16-44-14-6-7-15-44)41(49)57-35-25-55-38-30(35)13-19-53-38/h3-5,8-11,21,26,29-30,32-35,37-38,47H,6-7,12-20,22-25H2,1-2H3,(H,43,48)/t29-,30+,32-,33+,34-,35+,37+,38-/m0/s1. The predicted molar refractivity (Wildman–Crippen MR) is 217 cm³/mol. The molecule has 1 aromatic heterocycles. The molecule has 0 aliphatic carbocycles. The highest BCUT2D eigenvalue weighted by Gasteiger charge is 2.46. The summed E-state index contributed by atoms with van der Waals surface area (Å²) in [4.78, 5) is 35.8. The largest absolute Gasteiger partial charge is 0.443 e. The van der Waals surface area contributed by atoms with Crippen LogP contribution in [0.5, 0.6) is 0 Å². The van der Waals surface area contributed by atoms with Crippen LogP contribution in [0.1, 0.15) is 45.1 Å². The number of likely N-dealkylation sites (tertiary alicyclic amines) is 1. The molecule has 2 N–H and O–H groups in total. The van der Waals surface area contributed by atoms with Crippen LogP contribution in [0.3, 0.4) is 0 Å². The molecule has 5 saturated heterocycles. The maximum atomic E-state index is 14.5. The highest BCUT2D eigenvalue weighted by molar-refractivity contribution is 7.89. The van der Waals surface area contributed by atoms with E-state index >= 15 is 0 Å². The molecule has 5 aliphatic rings. The minimum Gasteiger partial charge on any atom is -0.443 e. The molecule has 18 heteroatoms. The van der Waals surface area contributed by atoms with Gasteiger partial charge in [-0.25, -0.2) is 23.0 Å². The first-order chi connectivity index (χ1) is 28.5. The summed E-state index contributed by atoms with van der Waals surface area (Å²) in [6.07, 6.45) is -0.295. The van der Waals surface area contributed by atoms with Crippen molar-refractivity contribution in [1.29, 1.82) is 0 Å². The lowest BCUT2D eigenvalue weighted by atomic mass is 10.0. The fourth-order valence-electron chi connectivity index (χ4n) is 8.61. The number of aliphatic hydroxyl groups is 1. The molecule has 8 atom stereocenters. The van der Waals surface area contributed by atoms with Gasteiger partial charge in [0.1, 0.15) is 12.2 Å². The van der Waals surface area contributed by atoms with Crippen LogP contribution < -0.4 is 10.2 Å². The van der Waals surface area contributed by atoms with Crippen molar-refractivity contribution in [3.63, 3.8) is 0 Å². The first-order valence-electron chi connectivity index (χ1n) is 20.8. The number of amides is 2. The molecule has 3 aromatic rings. The molecule has 8 rings (SSSR count). The Morgan fingerprint density at radius 1 is 0.949 bits per heavy atom. The SMILES string of the molecule is CC(C)CN(C[C@@H](O)[C@H](Cc1ccccc1)NC(=O)O[C@H]1CO[C@H]2OCC[C@H]21)S(=O)(=O)c1ccc2nc(N(CCN3CCCC3)C(=O)O[C@@H]3CO[C@@H]4OCC[C@@H]43)sc2c1. The van der Waals surface area contributed by atoms with Crippen LogP contribution in [0, 0.1) is 17.8 Å². The molecule has 16 nitrogen and oxygen atoms in total. The minimum atomic E-state index is -4.18. The number of carbonyl (C=O) groups is 2. The third kappa shape index (κ3) is 9.86. The zero-order valence-electron chi connectivity index (χ0n) is 33.6. The van der Waals surface area contributed by atoms with E-state index in [-0.39, 0.29) is 61.7 Å². The molecule has 0 bridgehead atoms. The Balaban J connectivity index is 1.00. The van der Waals surface area contributed by atoms with Gasteiger partial charge in [-0.3, -0.25) is 4.90 Å². The van der Waals surface area contributed by atoms with Gasteiger partial charge < -0.3 is 43.7 Å². The lowest BCUT2D eigenvalue weighted by Crippen LogP contribution is -2.51. The molecule has 322 valence electrons. The maximum Gasteiger partial charge on any atom is 0.416 e. The summed E-state index contributed by atoms with van der Waals surface area (Å²) >= 11 is 1.22. The highest BCUT2D eigenvalue weighted by Crippen LogP contribution is 2.36. The van der Waals surface area contributed by atoms with E-state index in [1.165, 1.54) is 21.7 Å². The lowest BCUT2D eigenvalue weighted by Gasteiger charge is -2.31. The van der Waals surface area contributed by atoms with Crippen molar-refractivity contribution in [3.8, 4) is 0 Å². The van der Waals surface area contributed by atoms with Crippen LogP contribution in [0.15, 0.2) is 53.4 Å². The van der Waals surface area contributed by atoms with Crippen molar-refractivity contribution < 1.29 is 51.5 Å². The Labute approximate surface area is 349 Å². The maximum absolute atomic E-state index is 14.5. The number of hydrogen-bond donors (Lipinski definition) is 2. The number of anilines is 1. The number of nitrogens with zero attached hydrogens (tertiary/aromatic N) is 4. The number of carbonyl (C=O) groups excluding carboxylic acids is 2. The number of rotatable bonds is 16. The topological polar surface area (TPSA) is 179 Å². The zero-order chi connectivity index (χ0) is 41.1. The number of nitrogens with one attached hydrogen (secondary N) is 1. The zero-order valence-corrected chi connectivity index (χ0v) is 35.2. The Bertz CT molecular complexity index is 2020. The fourth-order valence-corrected chi connectivity index (χ4v) is 11.4. The summed E-state index contributed by atoms with van der Waals surface area (Å²) in [7, 11) is -4.18. The molecule has 5 fully saturated rings. The molecule has 0 saturated carbocycles. The average Bonchev–Trinajstić information content (AvgIpc) is 4.07. The highest BCUT2D eigenvalue weighted by atomic mass is 32.2. The number of aromatic nitrogens is 1. The van der Waals surface area contributed by atoms with Gasteiger partial charge >= 0.3 is 12.2 Å². The van der Waals surface area contributed by atoms with Crippen LogP contribution in [0.25, 0.3) is 10.2 Å². The fraction of sp³-hybridized carbons (Fsp3) is 0.634. The van der Waals surface area contributed by atoms with Gasteiger partial charge in [0.25, 0.3) is 0 Å². The van der Waals surface area contributed by atoms with E-state index in [1.54, 1.807) is 17.0 Å². The second kappa shape index (κ2) is 18.7. The van der Waals surface area contributed by atoms with E-state index in [9.17, 15) is 23.1 Å². The first kappa shape index (κ1) is 42.2. The van der Waals surface area contributed by atoms with Gasteiger partial charge in [0.05, 0.1) is 65.5 Å². The predicted octanol–water partition coefficient (Wildman–Crippen LogP) is 4.20. The molecule has 2 aromatic carbocycles. The summed E-state index contributed by atoms with van der Waals surface area (Å²) in [5.41, 5.74) is 1.39. The monoisotopic (exact) mass is 857 g/mol. The smallest absolute Gasteiger partial charge is 0.416 e. The van der Waals surface area contributed by atoms with E-state index in [0.717, 1.165) is 37.9 Å². The van der Waals surface area contributed by atoms with Gasteiger partial charge in [0.2, 0.25) is 10.0 Å². The molecule has 0 unspecified atom stereocenters. The van der Waals surface area contributed by atoms with Gasteiger partial charge in [-0.2, -0.15) is 4.31 Å². The number of thiazole rings is 1. The second-order valence-electron chi connectivity index (χ2n) is 16.5. The van der Waals surface area contributed by atoms with Crippen molar-refractivity contribution in [2.75, 3.05) is 70.6 Å². The number of sulfonamides is 1. The third-order valence-corrected chi connectivity index (χ3v) is 14.7. The van der Waals surface area contributed by atoms with Gasteiger partial charge in [-0.05, 0) is 74.9 Å². The van der Waals surface area contributed by atoms with Crippen molar-refractivity contribution >= 4 is 48.9 Å². The number of alkyl carbamates (subject to hydrolysis) is 1. The first-order valence-corrected chi connectivity index (χ1v) is 23.0. The minimum absolute atomic E-state index is 0.0182. The molecule has 2 amide bonds. The molecular weight excluding hydrogens is 803 g/mol. The molecule has 6 heterocycles.